The van der Waals surface area contributed by atoms with Crippen molar-refractivity contribution >= 4 is 16.8 Å². The molecule has 3 saturated carbocycles. The smallest absolute Gasteiger partial charge is 0.220 e. The van der Waals surface area contributed by atoms with E-state index in [1.54, 1.807) is 25.0 Å². The van der Waals surface area contributed by atoms with Crippen LogP contribution in [0, 0.1) is 34.0 Å². The molecule has 5 aliphatic rings. The molecule has 4 nitrogen and oxygen atoms in total. The van der Waals surface area contributed by atoms with Crippen molar-refractivity contribution < 1.29 is 14.1 Å². The summed E-state index contributed by atoms with van der Waals surface area (Å²) >= 11 is 0. The summed E-state index contributed by atoms with van der Waals surface area (Å²) in [4.78, 5) is 12.5. The number of aliphatic hydroxyl groups excluding tert-OH is 1. The third-order valence-corrected chi connectivity index (χ3v) is 10.9. The molecule has 7 unspecified atom stereocenters. The number of carbonyl (C=O) groups is 1. The van der Waals surface area contributed by atoms with E-state index in [-0.39, 0.29) is 22.4 Å². The van der Waals surface area contributed by atoms with Crippen molar-refractivity contribution in [1.82, 2.24) is 4.72 Å². The number of rotatable bonds is 1. The lowest BCUT2D eigenvalue weighted by atomic mass is 9.40. The van der Waals surface area contributed by atoms with Crippen molar-refractivity contribution in [2.45, 2.75) is 79.6 Å². The summed E-state index contributed by atoms with van der Waals surface area (Å²) < 4.78 is 12.3. The summed E-state index contributed by atoms with van der Waals surface area (Å²) in [6.07, 6.45) is 17.0. The van der Waals surface area contributed by atoms with Crippen molar-refractivity contribution in [2.75, 3.05) is 13.3 Å². The van der Waals surface area contributed by atoms with Crippen LogP contribution < -0.4 is 4.72 Å². The van der Waals surface area contributed by atoms with Gasteiger partial charge in [-0.25, -0.2) is 8.93 Å². The van der Waals surface area contributed by atoms with Gasteiger partial charge < -0.3 is 5.11 Å². The van der Waals surface area contributed by atoms with Crippen LogP contribution in [0.5, 0.6) is 0 Å². The Bertz CT molecular complexity index is 1040. The predicted octanol–water partition coefficient (Wildman–Crippen LogP) is 6.35. The van der Waals surface area contributed by atoms with Crippen LogP contribution in [0.2, 0.25) is 0 Å². The molecule has 2 N–H and O–H groups in total. The van der Waals surface area contributed by atoms with Gasteiger partial charge in [0.05, 0.1) is 11.0 Å². The molecule has 0 aromatic rings. The fourth-order valence-electron chi connectivity index (χ4n) is 8.08. The summed E-state index contributed by atoms with van der Waals surface area (Å²) in [6, 6.07) is 0. The summed E-state index contributed by atoms with van der Waals surface area (Å²) in [5, 5.41) is 10.2. The van der Waals surface area contributed by atoms with Gasteiger partial charge in [-0.15, -0.1) is 0 Å². The molecular formula is C29H43NO3S. The van der Waals surface area contributed by atoms with Crippen LogP contribution in [0.3, 0.4) is 0 Å². The number of nitrogens with one attached hydrogen (secondary N) is 1. The molecule has 188 valence electrons. The van der Waals surface area contributed by atoms with Gasteiger partial charge in [0.15, 0.2) is 5.76 Å². The highest BCUT2D eigenvalue weighted by atomic mass is 32.2. The van der Waals surface area contributed by atoms with Gasteiger partial charge in [-0.1, -0.05) is 51.8 Å². The highest BCUT2D eigenvalue weighted by molar-refractivity contribution is 7.82. The van der Waals surface area contributed by atoms with Crippen LogP contribution in [-0.2, 0) is 15.8 Å². The maximum atomic E-state index is 12.5. The minimum Gasteiger partial charge on any atom is -0.504 e. The Morgan fingerprint density at radius 3 is 2.38 bits per heavy atom. The largest absolute Gasteiger partial charge is 0.504 e. The SMILES string of the molecule is CC1=C(O)C(=O)C=C2C1=CC=C1C2(C)CCC2C3CC(C)CCC3(C)CCC12C.CNS(C)=O. The average Bonchev–Trinajstić information content (AvgIpc) is 2.79. The highest BCUT2D eigenvalue weighted by Gasteiger charge is 2.60. The first kappa shape index (κ1) is 25.6. The van der Waals surface area contributed by atoms with E-state index < -0.39 is 11.0 Å². The second-order valence-corrected chi connectivity index (χ2v) is 13.6. The van der Waals surface area contributed by atoms with Crippen LogP contribution >= 0.6 is 0 Å². The lowest BCUT2D eigenvalue weighted by molar-refractivity contribution is -0.114. The molecule has 0 heterocycles. The number of allylic oxidation sites excluding steroid dienone is 7. The molecule has 0 aromatic carbocycles. The van der Waals surface area contributed by atoms with Gasteiger partial charge in [-0.05, 0) is 98.3 Å². The Morgan fingerprint density at radius 2 is 1.74 bits per heavy atom. The molecule has 0 spiro atoms. The number of hydrogen-bond donors (Lipinski definition) is 2. The fraction of sp³-hybridized carbons (Fsp3) is 0.690. The molecule has 0 aliphatic heterocycles. The quantitative estimate of drug-likeness (QED) is 0.455. The van der Waals surface area contributed by atoms with Gasteiger partial charge in [0.2, 0.25) is 5.78 Å². The van der Waals surface area contributed by atoms with Gasteiger partial charge in [0.25, 0.3) is 0 Å². The van der Waals surface area contributed by atoms with Crippen LogP contribution in [-0.4, -0.2) is 28.4 Å². The number of aliphatic hydroxyl groups is 1. The Balaban J connectivity index is 0.000000499. The first-order chi connectivity index (χ1) is 15.9. The van der Waals surface area contributed by atoms with Crippen molar-refractivity contribution in [3.63, 3.8) is 0 Å². The number of hydrogen-bond acceptors (Lipinski definition) is 3. The molecule has 0 radical (unpaired) electrons. The molecular weight excluding hydrogens is 442 g/mol. The highest BCUT2D eigenvalue weighted by Crippen LogP contribution is 2.69. The number of carbonyl (C=O) groups excluding carboxylic acids is 1. The third-order valence-electron chi connectivity index (χ3n) is 10.3. The lowest BCUT2D eigenvalue weighted by Crippen LogP contribution is -2.55. The lowest BCUT2D eigenvalue weighted by Gasteiger charge is -2.64. The van der Waals surface area contributed by atoms with E-state index in [0.717, 1.165) is 40.9 Å². The van der Waals surface area contributed by atoms with E-state index in [1.165, 1.54) is 38.5 Å². The van der Waals surface area contributed by atoms with Crippen molar-refractivity contribution in [1.29, 1.82) is 0 Å². The van der Waals surface area contributed by atoms with Crippen molar-refractivity contribution in [3.8, 4) is 0 Å². The monoisotopic (exact) mass is 485 g/mol. The zero-order valence-corrected chi connectivity index (χ0v) is 22.9. The minimum absolute atomic E-state index is 0.0787. The van der Waals surface area contributed by atoms with E-state index in [4.69, 9.17) is 0 Å². The second kappa shape index (κ2) is 8.89. The van der Waals surface area contributed by atoms with Crippen LogP contribution in [0.15, 0.2) is 46.3 Å². The zero-order chi connectivity index (χ0) is 25.1. The van der Waals surface area contributed by atoms with E-state index in [9.17, 15) is 14.1 Å². The molecule has 34 heavy (non-hydrogen) atoms. The Labute approximate surface area is 208 Å². The molecule has 5 aliphatic carbocycles. The van der Waals surface area contributed by atoms with Crippen molar-refractivity contribution in [3.05, 3.63) is 46.3 Å². The minimum atomic E-state index is -0.823. The fourth-order valence-corrected chi connectivity index (χ4v) is 8.08. The first-order valence-corrected chi connectivity index (χ1v) is 14.5. The van der Waals surface area contributed by atoms with E-state index in [0.29, 0.717) is 5.41 Å². The molecule has 0 bridgehead atoms. The normalized spacial score (nSPS) is 41.9. The summed E-state index contributed by atoms with van der Waals surface area (Å²) in [5.41, 5.74) is 5.18. The Kier molecular flexibility index (Phi) is 6.70. The van der Waals surface area contributed by atoms with Gasteiger partial charge >= 0.3 is 0 Å². The topological polar surface area (TPSA) is 66.4 Å². The van der Waals surface area contributed by atoms with Gasteiger partial charge in [-0.2, -0.15) is 0 Å². The predicted molar refractivity (Wildman–Crippen MR) is 140 cm³/mol. The standard InChI is InChI=1S/C27H36O2.C2H7NOS/c1-16-8-10-25(3)12-13-27(5)19(21(25)14-16)9-11-26(4)20-15-22(28)24(29)17(2)18(20)6-7-23(26)27;1-3-5(2)4/h6-7,15-16,19,21,29H,8-14H2,1-5H3;3H,1-2H3. The van der Waals surface area contributed by atoms with E-state index in [1.807, 2.05) is 6.92 Å². The van der Waals surface area contributed by atoms with Gasteiger partial charge in [0.1, 0.15) is 0 Å². The maximum absolute atomic E-state index is 12.5. The van der Waals surface area contributed by atoms with Crippen LogP contribution in [0.4, 0.5) is 0 Å². The molecule has 0 amide bonds. The summed E-state index contributed by atoms with van der Waals surface area (Å²) in [5.74, 6) is 2.13. The molecule has 0 saturated heterocycles. The molecule has 0 aromatic heterocycles. The molecule has 7 atom stereocenters. The van der Waals surface area contributed by atoms with Gasteiger partial charge in [0, 0.05) is 17.2 Å². The van der Waals surface area contributed by atoms with Crippen LogP contribution in [0.1, 0.15) is 79.6 Å². The third kappa shape index (κ3) is 3.91. The summed E-state index contributed by atoms with van der Waals surface area (Å²) in [6.45, 7) is 11.8. The number of fused-ring (bicyclic) bond motifs is 7. The Morgan fingerprint density at radius 1 is 1.06 bits per heavy atom. The Hall–Kier alpha value is -1.46. The molecule has 5 rings (SSSR count). The molecule has 3 fully saturated rings. The average molecular weight is 486 g/mol. The number of ketones is 1. The van der Waals surface area contributed by atoms with Crippen molar-refractivity contribution in [2.24, 2.45) is 34.0 Å². The second-order valence-electron chi connectivity index (χ2n) is 12.2. The zero-order valence-electron chi connectivity index (χ0n) is 22.1. The van der Waals surface area contributed by atoms with Gasteiger partial charge in [-0.3, -0.25) is 4.79 Å². The van der Waals surface area contributed by atoms with Crippen LogP contribution in [0.25, 0.3) is 0 Å². The molecule has 5 heteroatoms. The first-order valence-electron chi connectivity index (χ1n) is 13.0. The maximum Gasteiger partial charge on any atom is 0.220 e. The van der Waals surface area contributed by atoms with E-state index in [2.05, 4.69) is 44.6 Å². The summed E-state index contributed by atoms with van der Waals surface area (Å²) in [7, 11) is 0.826. The van der Waals surface area contributed by atoms with E-state index >= 15 is 0 Å².